The highest BCUT2D eigenvalue weighted by Gasteiger charge is 2.22. The molecule has 0 fully saturated rings. The Kier molecular flexibility index (Phi) is 7.54. The topological polar surface area (TPSA) is 29.5 Å². The molecule has 0 saturated carbocycles. The van der Waals surface area contributed by atoms with E-state index in [1.54, 1.807) is 0 Å². The van der Waals surface area contributed by atoms with Crippen LogP contribution in [0.1, 0.15) is 0 Å². The predicted octanol–water partition coefficient (Wildman–Crippen LogP) is 16.3. The fourth-order valence-electron chi connectivity index (χ4n) is 9.01. The second-order valence-electron chi connectivity index (χ2n) is 15.2. The molecule has 0 aliphatic rings. The van der Waals surface area contributed by atoms with Crippen LogP contribution in [0, 0.1) is 0 Å². The Labute approximate surface area is 340 Å². The average molecular weight is 754 g/mol. The molecule has 0 spiro atoms. The summed E-state index contributed by atoms with van der Waals surface area (Å²) < 4.78 is 13.6. The first-order valence-corrected chi connectivity index (χ1v) is 20.1. The van der Waals surface area contributed by atoms with Gasteiger partial charge < -0.3 is 13.7 Å². The Hall–Kier alpha value is -7.88. The van der Waals surface area contributed by atoms with Gasteiger partial charge in [0.25, 0.3) is 0 Å². The summed E-state index contributed by atoms with van der Waals surface area (Å²) in [6.07, 6.45) is 0. The monoisotopic (exact) mass is 753 g/mol. The van der Waals surface area contributed by atoms with Gasteiger partial charge in [-0.15, -0.1) is 0 Å². The van der Waals surface area contributed by atoms with Crippen LogP contribution in [0.3, 0.4) is 0 Å². The van der Waals surface area contributed by atoms with Crippen molar-refractivity contribution in [3.05, 3.63) is 212 Å². The van der Waals surface area contributed by atoms with Crippen molar-refractivity contribution in [3.8, 4) is 33.4 Å². The van der Waals surface area contributed by atoms with Gasteiger partial charge in [-0.1, -0.05) is 164 Å². The van der Waals surface area contributed by atoms with Crippen LogP contribution in [0.2, 0.25) is 0 Å². The zero-order valence-electron chi connectivity index (χ0n) is 32.0. The minimum atomic E-state index is 0.841. The van der Waals surface area contributed by atoms with E-state index in [9.17, 15) is 0 Å². The predicted molar refractivity (Wildman–Crippen MR) is 247 cm³/mol. The van der Waals surface area contributed by atoms with Crippen molar-refractivity contribution in [2.45, 2.75) is 0 Å². The number of anilines is 3. The summed E-state index contributed by atoms with van der Waals surface area (Å²) in [6.45, 7) is 0. The first-order valence-electron chi connectivity index (χ1n) is 20.1. The third-order valence-electron chi connectivity index (χ3n) is 11.9. The highest BCUT2D eigenvalue weighted by Crippen LogP contribution is 2.46. The molecule has 0 amide bonds. The van der Waals surface area contributed by atoms with Crippen LogP contribution >= 0.6 is 0 Å². The molecule has 0 atom stereocenters. The molecule has 0 saturated heterocycles. The van der Waals surface area contributed by atoms with E-state index in [0.717, 1.165) is 94.1 Å². The van der Waals surface area contributed by atoms with E-state index in [-0.39, 0.29) is 0 Å². The van der Waals surface area contributed by atoms with Gasteiger partial charge in [0, 0.05) is 43.9 Å². The molecule has 12 rings (SSSR count). The lowest BCUT2D eigenvalue weighted by atomic mass is 9.99. The summed E-state index contributed by atoms with van der Waals surface area (Å²) in [7, 11) is 0. The van der Waals surface area contributed by atoms with E-state index in [0.29, 0.717) is 0 Å². The fourth-order valence-corrected chi connectivity index (χ4v) is 9.01. The molecule has 0 aliphatic heterocycles. The maximum absolute atomic E-state index is 6.85. The number of nitrogens with zero attached hydrogens (tertiary/aromatic N) is 1. The summed E-state index contributed by atoms with van der Waals surface area (Å²) in [5, 5.41) is 9.21. The molecule has 0 N–H and O–H groups in total. The lowest BCUT2D eigenvalue weighted by Crippen LogP contribution is -2.10. The number of para-hydroxylation sites is 2. The molecule has 3 nitrogen and oxygen atoms in total. The van der Waals surface area contributed by atoms with Gasteiger partial charge in [-0.3, -0.25) is 0 Å². The number of hydrogen-bond acceptors (Lipinski definition) is 3. The van der Waals surface area contributed by atoms with Crippen LogP contribution in [0.15, 0.2) is 221 Å². The van der Waals surface area contributed by atoms with E-state index in [4.69, 9.17) is 8.83 Å². The van der Waals surface area contributed by atoms with Gasteiger partial charge in [0.05, 0.1) is 5.69 Å². The van der Waals surface area contributed by atoms with Gasteiger partial charge in [-0.25, -0.2) is 0 Å². The average Bonchev–Trinajstić information content (AvgIpc) is 3.90. The van der Waals surface area contributed by atoms with Gasteiger partial charge >= 0.3 is 0 Å². The molecule has 0 radical (unpaired) electrons. The SMILES string of the molecule is c1ccc(-c2cccc3oc4c(N(c5ccc(-c6ccc7ccccc7c6)cc5)c5ccc(-c6cccc7c6oc6c8ccccc8ccc76)cc5)cccc4c23)cc1. The Morgan fingerprint density at radius 3 is 1.73 bits per heavy atom. The largest absolute Gasteiger partial charge is 0.455 e. The third kappa shape index (κ3) is 5.44. The maximum Gasteiger partial charge on any atom is 0.159 e. The summed E-state index contributed by atoms with van der Waals surface area (Å²) >= 11 is 0. The number of fused-ring (bicyclic) bond motifs is 9. The molecule has 276 valence electrons. The van der Waals surface area contributed by atoms with Crippen molar-refractivity contribution >= 4 is 82.5 Å². The molecule has 3 heteroatoms. The lowest BCUT2D eigenvalue weighted by Gasteiger charge is -2.26. The van der Waals surface area contributed by atoms with Crippen molar-refractivity contribution in [2.24, 2.45) is 0 Å². The maximum atomic E-state index is 6.85. The van der Waals surface area contributed by atoms with Crippen molar-refractivity contribution in [1.82, 2.24) is 0 Å². The van der Waals surface area contributed by atoms with Crippen molar-refractivity contribution in [2.75, 3.05) is 4.90 Å². The van der Waals surface area contributed by atoms with Crippen LogP contribution in [0.25, 0.3) is 98.8 Å². The van der Waals surface area contributed by atoms with Gasteiger partial charge in [0.15, 0.2) is 5.58 Å². The van der Waals surface area contributed by atoms with Crippen LogP contribution in [-0.4, -0.2) is 0 Å². The number of benzene rings is 10. The van der Waals surface area contributed by atoms with E-state index in [2.05, 4.69) is 217 Å². The van der Waals surface area contributed by atoms with Crippen molar-refractivity contribution < 1.29 is 8.83 Å². The number of rotatable bonds is 6. The molecule has 12 aromatic rings. The van der Waals surface area contributed by atoms with E-state index < -0.39 is 0 Å². The molecule has 0 unspecified atom stereocenters. The van der Waals surface area contributed by atoms with E-state index in [1.165, 1.54) is 21.7 Å². The Bertz CT molecular complexity index is 3540. The third-order valence-corrected chi connectivity index (χ3v) is 11.9. The Morgan fingerprint density at radius 1 is 0.305 bits per heavy atom. The molecule has 2 aromatic heterocycles. The minimum absolute atomic E-state index is 0.841. The van der Waals surface area contributed by atoms with Crippen LogP contribution in [0.4, 0.5) is 17.1 Å². The van der Waals surface area contributed by atoms with E-state index in [1.807, 2.05) is 0 Å². The standard InChI is InChI=1S/C56H35NO2/c1-2-12-38(13-3-1)45-17-10-22-52-53(45)50-20-9-21-51(56(50)58-52)57(43-30-25-37(26-31-43)42-24-23-36-11-4-5-15-41(36)35-42)44-32-27-40(28-33-44)47-18-8-19-48-49-34-29-39-14-6-7-16-46(39)55(49)59-54(47)48/h1-35H. The van der Waals surface area contributed by atoms with Gasteiger partial charge in [0.1, 0.15) is 16.7 Å². The van der Waals surface area contributed by atoms with Crippen LogP contribution in [-0.2, 0) is 0 Å². The van der Waals surface area contributed by atoms with Gasteiger partial charge in [-0.2, -0.15) is 0 Å². The zero-order valence-corrected chi connectivity index (χ0v) is 32.0. The number of hydrogen-bond donors (Lipinski definition) is 0. The highest BCUT2D eigenvalue weighted by molar-refractivity contribution is 6.18. The quantitative estimate of drug-likeness (QED) is 0.169. The lowest BCUT2D eigenvalue weighted by molar-refractivity contribution is 0.669. The van der Waals surface area contributed by atoms with Crippen molar-refractivity contribution in [1.29, 1.82) is 0 Å². The zero-order chi connectivity index (χ0) is 38.9. The highest BCUT2D eigenvalue weighted by atomic mass is 16.3. The van der Waals surface area contributed by atoms with Gasteiger partial charge in [0.2, 0.25) is 0 Å². The summed E-state index contributed by atoms with van der Waals surface area (Å²) in [5.74, 6) is 0. The molecule has 59 heavy (non-hydrogen) atoms. The van der Waals surface area contributed by atoms with Crippen LogP contribution in [0.5, 0.6) is 0 Å². The normalized spacial score (nSPS) is 11.7. The summed E-state index contributed by atoms with van der Waals surface area (Å²) in [4.78, 5) is 2.31. The molecule has 0 aliphatic carbocycles. The molecule has 10 aromatic carbocycles. The molecule has 0 bridgehead atoms. The Balaban J connectivity index is 1.01. The summed E-state index contributed by atoms with van der Waals surface area (Å²) in [6, 6.07) is 75.5. The van der Waals surface area contributed by atoms with E-state index >= 15 is 0 Å². The van der Waals surface area contributed by atoms with Crippen LogP contribution < -0.4 is 4.90 Å². The Morgan fingerprint density at radius 2 is 0.898 bits per heavy atom. The first kappa shape index (κ1) is 33.3. The summed E-state index contributed by atoms with van der Waals surface area (Å²) in [5.41, 5.74) is 13.4. The minimum Gasteiger partial charge on any atom is -0.455 e. The molecular formula is C56H35NO2. The fraction of sp³-hybridized carbons (Fsp3) is 0. The second-order valence-corrected chi connectivity index (χ2v) is 15.2. The van der Waals surface area contributed by atoms with Crippen molar-refractivity contribution in [3.63, 3.8) is 0 Å². The van der Waals surface area contributed by atoms with Gasteiger partial charge in [-0.05, 0) is 92.5 Å². The smallest absolute Gasteiger partial charge is 0.159 e. The second kappa shape index (κ2) is 13.4. The number of furan rings is 2. The molecular weight excluding hydrogens is 719 g/mol. The first-order chi connectivity index (χ1) is 29.2. The molecule has 2 heterocycles.